The quantitative estimate of drug-likeness (QED) is 0.651. The summed E-state index contributed by atoms with van der Waals surface area (Å²) in [6.07, 6.45) is 3.37. The third kappa shape index (κ3) is 5.44. The van der Waals surface area contributed by atoms with E-state index >= 15 is 0 Å². The summed E-state index contributed by atoms with van der Waals surface area (Å²) in [6, 6.07) is 19.4. The summed E-state index contributed by atoms with van der Waals surface area (Å²) in [5.74, 6) is 0.969. The molecule has 4 heteroatoms. The van der Waals surface area contributed by atoms with Crippen molar-refractivity contribution in [2.75, 3.05) is 34.2 Å². The first-order chi connectivity index (χ1) is 13.2. The smallest absolute Gasteiger partial charge is 0.194 e. The maximum atomic E-state index is 4.49. The van der Waals surface area contributed by atoms with Crippen molar-refractivity contribution in [3.8, 4) is 0 Å². The van der Waals surface area contributed by atoms with Crippen molar-refractivity contribution in [1.82, 2.24) is 15.1 Å². The summed E-state index contributed by atoms with van der Waals surface area (Å²) in [4.78, 5) is 9.00. The lowest BCUT2D eigenvalue weighted by Gasteiger charge is -2.30. The molecule has 2 aromatic rings. The second kappa shape index (κ2) is 9.38. The van der Waals surface area contributed by atoms with Crippen LogP contribution in [-0.2, 0) is 13.1 Å². The van der Waals surface area contributed by atoms with Gasteiger partial charge in [0.05, 0.1) is 0 Å². The molecule has 1 aliphatic heterocycles. The van der Waals surface area contributed by atoms with E-state index in [0.717, 1.165) is 38.6 Å². The standard InChI is InChI=1S/C23H30N4/c1-24-23(25-17-19-8-7-9-20(16-19)18-26(2)3)27-14-12-22(13-15-27)21-10-5-4-6-11-21/h4-12,16H,13-15,17-18H2,1-3H3,(H,24,25). The number of aliphatic imine (C=N–C) groups is 1. The lowest BCUT2D eigenvalue weighted by molar-refractivity contribution is 0.402. The van der Waals surface area contributed by atoms with Gasteiger partial charge in [0.15, 0.2) is 5.96 Å². The molecule has 0 radical (unpaired) electrons. The molecule has 0 spiro atoms. The molecule has 0 amide bonds. The number of rotatable bonds is 5. The van der Waals surface area contributed by atoms with Gasteiger partial charge in [0.1, 0.15) is 0 Å². The van der Waals surface area contributed by atoms with Crippen LogP contribution in [0.25, 0.3) is 5.57 Å². The molecule has 2 aromatic carbocycles. The highest BCUT2D eigenvalue weighted by molar-refractivity contribution is 5.81. The average molecular weight is 363 g/mol. The van der Waals surface area contributed by atoms with Gasteiger partial charge in [0, 0.05) is 33.2 Å². The van der Waals surface area contributed by atoms with Crippen LogP contribution < -0.4 is 5.32 Å². The first-order valence-corrected chi connectivity index (χ1v) is 9.58. The molecule has 0 bridgehead atoms. The Bertz CT molecular complexity index is 793. The first-order valence-electron chi connectivity index (χ1n) is 9.58. The molecule has 27 heavy (non-hydrogen) atoms. The summed E-state index contributed by atoms with van der Waals surface area (Å²) < 4.78 is 0. The molecular formula is C23H30N4. The van der Waals surface area contributed by atoms with Crippen LogP contribution >= 0.6 is 0 Å². The topological polar surface area (TPSA) is 30.9 Å². The Morgan fingerprint density at radius 3 is 2.52 bits per heavy atom. The van der Waals surface area contributed by atoms with Gasteiger partial charge in [-0.05, 0) is 42.8 Å². The molecule has 1 N–H and O–H groups in total. The normalized spacial score (nSPS) is 15.0. The Kier molecular flexibility index (Phi) is 6.66. The van der Waals surface area contributed by atoms with Crippen molar-refractivity contribution in [3.05, 3.63) is 77.4 Å². The van der Waals surface area contributed by atoms with Crippen molar-refractivity contribution in [2.45, 2.75) is 19.5 Å². The number of hydrogen-bond donors (Lipinski definition) is 1. The third-order valence-corrected chi connectivity index (χ3v) is 4.81. The Morgan fingerprint density at radius 1 is 1.07 bits per heavy atom. The third-order valence-electron chi connectivity index (χ3n) is 4.81. The highest BCUT2D eigenvalue weighted by Gasteiger charge is 2.16. The molecule has 0 saturated carbocycles. The van der Waals surface area contributed by atoms with E-state index in [4.69, 9.17) is 0 Å². The molecular weight excluding hydrogens is 332 g/mol. The maximum absolute atomic E-state index is 4.49. The van der Waals surface area contributed by atoms with Crippen LogP contribution in [-0.4, -0.2) is 50.0 Å². The summed E-state index contributed by atoms with van der Waals surface area (Å²) in [5, 5.41) is 3.52. The van der Waals surface area contributed by atoms with Crippen LogP contribution in [0.1, 0.15) is 23.1 Å². The summed E-state index contributed by atoms with van der Waals surface area (Å²) in [7, 11) is 6.06. The van der Waals surface area contributed by atoms with Crippen molar-refractivity contribution in [2.24, 2.45) is 4.99 Å². The average Bonchev–Trinajstić information content (AvgIpc) is 2.69. The van der Waals surface area contributed by atoms with Gasteiger partial charge < -0.3 is 15.1 Å². The zero-order chi connectivity index (χ0) is 19.1. The molecule has 142 valence electrons. The highest BCUT2D eigenvalue weighted by atomic mass is 15.3. The van der Waals surface area contributed by atoms with Crippen LogP contribution in [0, 0.1) is 0 Å². The highest BCUT2D eigenvalue weighted by Crippen LogP contribution is 2.22. The van der Waals surface area contributed by atoms with E-state index in [-0.39, 0.29) is 0 Å². The van der Waals surface area contributed by atoms with Crippen LogP contribution in [0.3, 0.4) is 0 Å². The van der Waals surface area contributed by atoms with Gasteiger partial charge >= 0.3 is 0 Å². The van der Waals surface area contributed by atoms with Gasteiger partial charge in [-0.25, -0.2) is 0 Å². The molecule has 1 aliphatic rings. The lowest BCUT2D eigenvalue weighted by atomic mass is 10.00. The van der Waals surface area contributed by atoms with E-state index in [1.54, 1.807) is 0 Å². The number of nitrogens with one attached hydrogen (secondary N) is 1. The van der Waals surface area contributed by atoms with Gasteiger partial charge in [-0.1, -0.05) is 60.7 Å². The van der Waals surface area contributed by atoms with Gasteiger partial charge in [-0.15, -0.1) is 0 Å². The Morgan fingerprint density at radius 2 is 1.85 bits per heavy atom. The Hall–Kier alpha value is -2.59. The number of hydrogen-bond acceptors (Lipinski definition) is 2. The largest absolute Gasteiger partial charge is 0.352 e. The summed E-state index contributed by atoms with van der Waals surface area (Å²) >= 11 is 0. The zero-order valence-corrected chi connectivity index (χ0v) is 16.7. The fraction of sp³-hybridized carbons (Fsp3) is 0.348. The molecule has 0 aromatic heterocycles. The van der Waals surface area contributed by atoms with E-state index in [1.807, 2.05) is 7.05 Å². The molecule has 4 nitrogen and oxygen atoms in total. The van der Waals surface area contributed by atoms with Crippen LogP contribution in [0.2, 0.25) is 0 Å². The Labute approximate surface area is 163 Å². The van der Waals surface area contributed by atoms with E-state index in [1.165, 1.54) is 22.3 Å². The predicted octanol–water partition coefficient (Wildman–Crippen LogP) is 3.61. The van der Waals surface area contributed by atoms with E-state index in [2.05, 4.69) is 94.9 Å². The minimum Gasteiger partial charge on any atom is -0.352 e. The summed E-state index contributed by atoms with van der Waals surface area (Å²) in [5.41, 5.74) is 5.38. The second-order valence-corrected chi connectivity index (χ2v) is 7.25. The van der Waals surface area contributed by atoms with Crippen molar-refractivity contribution in [3.63, 3.8) is 0 Å². The minimum absolute atomic E-state index is 0.791. The van der Waals surface area contributed by atoms with Crippen molar-refractivity contribution >= 4 is 11.5 Å². The molecule has 0 atom stereocenters. The summed E-state index contributed by atoms with van der Waals surface area (Å²) in [6.45, 7) is 3.63. The molecule has 0 unspecified atom stereocenters. The predicted molar refractivity (Wildman–Crippen MR) is 115 cm³/mol. The number of nitrogens with zero attached hydrogens (tertiary/aromatic N) is 3. The van der Waals surface area contributed by atoms with Gasteiger partial charge in [-0.2, -0.15) is 0 Å². The van der Waals surface area contributed by atoms with Crippen LogP contribution in [0.15, 0.2) is 65.7 Å². The van der Waals surface area contributed by atoms with Crippen molar-refractivity contribution in [1.29, 1.82) is 0 Å². The lowest BCUT2D eigenvalue weighted by Crippen LogP contribution is -2.43. The second-order valence-electron chi connectivity index (χ2n) is 7.25. The molecule has 0 aliphatic carbocycles. The number of guanidine groups is 1. The van der Waals surface area contributed by atoms with Gasteiger partial charge in [0.25, 0.3) is 0 Å². The van der Waals surface area contributed by atoms with Gasteiger partial charge in [-0.3, -0.25) is 4.99 Å². The minimum atomic E-state index is 0.791. The van der Waals surface area contributed by atoms with Crippen LogP contribution in [0.5, 0.6) is 0 Å². The SMILES string of the molecule is CN=C(NCc1cccc(CN(C)C)c1)N1CC=C(c2ccccc2)CC1. The first kappa shape index (κ1) is 19.2. The molecule has 1 heterocycles. The van der Waals surface area contributed by atoms with E-state index in [0.29, 0.717) is 0 Å². The zero-order valence-electron chi connectivity index (χ0n) is 16.7. The molecule has 3 rings (SSSR count). The van der Waals surface area contributed by atoms with E-state index < -0.39 is 0 Å². The van der Waals surface area contributed by atoms with E-state index in [9.17, 15) is 0 Å². The molecule has 0 saturated heterocycles. The fourth-order valence-corrected chi connectivity index (χ4v) is 3.49. The van der Waals surface area contributed by atoms with Gasteiger partial charge in [0.2, 0.25) is 0 Å². The number of benzene rings is 2. The monoisotopic (exact) mass is 362 g/mol. The van der Waals surface area contributed by atoms with Crippen molar-refractivity contribution < 1.29 is 0 Å². The molecule has 0 fully saturated rings. The van der Waals surface area contributed by atoms with Crippen LogP contribution in [0.4, 0.5) is 0 Å². The fourth-order valence-electron chi connectivity index (χ4n) is 3.49. The maximum Gasteiger partial charge on any atom is 0.194 e. The Balaban J connectivity index is 1.58.